The van der Waals surface area contributed by atoms with Crippen LogP contribution >= 0.6 is 41.2 Å². The number of halogens is 1. The molecule has 20 heavy (non-hydrogen) atoms. The summed E-state index contributed by atoms with van der Waals surface area (Å²) in [4.78, 5) is 13.9. The zero-order valence-electron chi connectivity index (χ0n) is 13.5. The van der Waals surface area contributed by atoms with E-state index >= 15 is 0 Å². The van der Waals surface area contributed by atoms with Gasteiger partial charge in [-0.25, -0.2) is 0 Å². The minimum atomic E-state index is -0.212. The second-order valence-corrected chi connectivity index (χ2v) is 10.2. The Bertz CT molecular complexity index is 322. The van der Waals surface area contributed by atoms with Gasteiger partial charge in [-0.1, -0.05) is 15.9 Å². The van der Waals surface area contributed by atoms with E-state index in [1.54, 1.807) is 0 Å². The molecule has 0 aromatic heterocycles. The molecule has 0 fully saturated rings. The van der Waals surface area contributed by atoms with E-state index in [2.05, 4.69) is 74.2 Å². The van der Waals surface area contributed by atoms with Gasteiger partial charge in [-0.2, -0.15) is 25.3 Å². The van der Waals surface area contributed by atoms with E-state index in [9.17, 15) is 4.79 Å². The molecular formula is C14H29BrN2OS2. The molecule has 0 aromatic rings. The smallest absolute Gasteiger partial charge is 0.233 e. The maximum absolute atomic E-state index is 12.1. The van der Waals surface area contributed by atoms with Crippen molar-refractivity contribution in [2.75, 3.05) is 25.0 Å². The van der Waals surface area contributed by atoms with Gasteiger partial charge >= 0.3 is 0 Å². The number of hydrogen-bond donors (Lipinski definition) is 3. The normalized spacial score (nSPS) is 13.4. The largest absolute Gasteiger partial charge is 0.339 e. The average Bonchev–Trinajstić information content (AvgIpc) is 2.21. The number of hydrogen-bond acceptors (Lipinski definition) is 4. The van der Waals surface area contributed by atoms with Crippen molar-refractivity contribution in [2.45, 2.75) is 56.6 Å². The first kappa shape index (κ1) is 20.6. The molecule has 0 saturated heterocycles. The Morgan fingerprint density at radius 3 is 1.90 bits per heavy atom. The number of thiol groups is 2. The molecule has 0 aliphatic rings. The number of amides is 1. The van der Waals surface area contributed by atoms with Gasteiger partial charge in [-0.15, -0.1) is 0 Å². The van der Waals surface area contributed by atoms with Gasteiger partial charge < -0.3 is 10.2 Å². The molecule has 1 N–H and O–H groups in total. The Balaban J connectivity index is 4.74. The zero-order valence-corrected chi connectivity index (χ0v) is 16.8. The van der Waals surface area contributed by atoms with Crippen LogP contribution in [0.4, 0.5) is 0 Å². The quantitative estimate of drug-likeness (QED) is 0.443. The third-order valence-corrected chi connectivity index (χ3v) is 3.41. The summed E-state index contributed by atoms with van der Waals surface area (Å²) < 4.78 is -0.291. The fourth-order valence-electron chi connectivity index (χ4n) is 1.77. The molecule has 0 rings (SSSR count). The minimum Gasteiger partial charge on any atom is -0.339 e. The summed E-state index contributed by atoms with van der Waals surface area (Å²) in [6, 6.07) is 0. The van der Waals surface area contributed by atoms with Gasteiger partial charge in [0.05, 0.1) is 5.33 Å². The van der Waals surface area contributed by atoms with Crippen LogP contribution in [-0.4, -0.2) is 50.8 Å². The van der Waals surface area contributed by atoms with E-state index in [1.165, 1.54) is 0 Å². The molecule has 3 nitrogen and oxygen atoms in total. The third-order valence-electron chi connectivity index (χ3n) is 2.63. The molecule has 0 aliphatic heterocycles. The van der Waals surface area contributed by atoms with Crippen LogP contribution < -0.4 is 5.32 Å². The Labute approximate surface area is 143 Å². The molecule has 0 unspecified atom stereocenters. The van der Waals surface area contributed by atoms with Crippen LogP contribution in [0, 0.1) is 0 Å². The molecule has 1 amide bonds. The molecule has 0 spiro atoms. The van der Waals surface area contributed by atoms with Crippen molar-refractivity contribution in [3.05, 3.63) is 0 Å². The van der Waals surface area contributed by atoms with Crippen LogP contribution in [0.3, 0.4) is 0 Å². The zero-order chi connectivity index (χ0) is 16.2. The summed E-state index contributed by atoms with van der Waals surface area (Å²) in [5.41, 5.74) is -0.170. The highest BCUT2D eigenvalue weighted by molar-refractivity contribution is 9.09. The number of nitrogens with zero attached hydrogens (tertiary/aromatic N) is 1. The minimum absolute atomic E-state index is 0.0790. The van der Waals surface area contributed by atoms with Crippen molar-refractivity contribution in [3.63, 3.8) is 0 Å². The van der Waals surface area contributed by atoms with E-state index in [0.717, 1.165) is 6.54 Å². The molecule has 0 heterocycles. The first-order chi connectivity index (χ1) is 8.76. The molecule has 0 bridgehead atoms. The monoisotopic (exact) mass is 384 g/mol. The summed E-state index contributed by atoms with van der Waals surface area (Å²) in [6.45, 7) is 14.4. The Kier molecular flexibility index (Phi) is 7.98. The van der Waals surface area contributed by atoms with Crippen molar-refractivity contribution < 1.29 is 4.79 Å². The van der Waals surface area contributed by atoms with Crippen molar-refractivity contribution in [3.8, 4) is 0 Å². The molecule has 0 aromatic carbocycles. The second kappa shape index (κ2) is 7.75. The van der Waals surface area contributed by atoms with Crippen molar-refractivity contribution in [2.24, 2.45) is 0 Å². The number of carbonyl (C=O) groups is 1. The summed E-state index contributed by atoms with van der Waals surface area (Å²) in [7, 11) is 0. The lowest BCUT2D eigenvalue weighted by Gasteiger charge is -2.37. The highest BCUT2D eigenvalue weighted by Gasteiger charge is 2.28. The van der Waals surface area contributed by atoms with Crippen LogP contribution in [0.2, 0.25) is 0 Å². The topological polar surface area (TPSA) is 32.3 Å². The summed E-state index contributed by atoms with van der Waals surface area (Å²) in [6.07, 6.45) is 0. The van der Waals surface area contributed by atoms with Crippen molar-refractivity contribution in [1.29, 1.82) is 0 Å². The number of nitrogens with one attached hydrogen (secondary N) is 1. The fourth-order valence-corrected chi connectivity index (χ4v) is 2.38. The standard InChI is InChI=1S/C14H29BrN2OS2/c1-12(2,16-8-13(3,4)19)9-17(11(18)7-15)10-14(5,6)20/h16,19-20H,7-10H2,1-6H3. The van der Waals surface area contributed by atoms with Gasteiger partial charge in [0.15, 0.2) is 0 Å². The van der Waals surface area contributed by atoms with E-state index in [0.29, 0.717) is 18.4 Å². The van der Waals surface area contributed by atoms with Gasteiger partial charge in [-0.3, -0.25) is 4.79 Å². The highest BCUT2D eigenvalue weighted by atomic mass is 79.9. The SMILES string of the molecule is CC(C)(S)CNC(C)(C)CN(CC(C)(C)S)C(=O)CBr. The lowest BCUT2D eigenvalue weighted by molar-refractivity contribution is -0.129. The van der Waals surface area contributed by atoms with E-state index in [1.807, 2.05) is 18.7 Å². The van der Waals surface area contributed by atoms with Crippen LogP contribution in [-0.2, 0) is 4.79 Å². The molecule has 0 aliphatic carbocycles. The highest BCUT2D eigenvalue weighted by Crippen LogP contribution is 2.18. The fraction of sp³-hybridized carbons (Fsp3) is 0.929. The van der Waals surface area contributed by atoms with Gasteiger partial charge in [-0.05, 0) is 41.5 Å². The van der Waals surface area contributed by atoms with Gasteiger partial charge in [0, 0.05) is 34.7 Å². The number of rotatable bonds is 8. The third kappa shape index (κ3) is 10.4. The lowest BCUT2D eigenvalue weighted by atomic mass is 10.0. The molecule has 0 atom stereocenters. The van der Waals surface area contributed by atoms with Crippen LogP contribution in [0.5, 0.6) is 0 Å². The molecule has 0 radical (unpaired) electrons. The predicted molar refractivity (Wildman–Crippen MR) is 98.6 cm³/mol. The first-order valence-corrected chi connectivity index (χ1v) is 8.81. The second-order valence-electron chi connectivity index (χ2n) is 7.25. The molecule has 6 heteroatoms. The summed E-state index contributed by atoms with van der Waals surface area (Å²) in [5, 5.41) is 3.82. The Morgan fingerprint density at radius 2 is 1.55 bits per heavy atom. The van der Waals surface area contributed by atoms with Crippen molar-refractivity contribution >= 4 is 47.1 Å². The first-order valence-electron chi connectivity index (χ1n) is 6.79. The molecule has 0 saturated carbocycles. The van der Waals surface area contributed by atoms with E-state index in [4.69, 9.17) is 0 Å². The maximum atomic E-state index is 12.1. The van der Waals surface area contributed by atoms with Gasteiger partial charge in [0.1, 0.15) is 0 Å². The van der Waals surface area contributed by atoms with Crippen LogP contribution in [0.1, 0.15) is 41.5 Å². The van der Waals surface area contributed by atoms with Crippen LogP contribution in [0.25, 0.3) is 0 Å². The maximum Gasteiger partial charge on any atom is 0.233 e. The van der Waals surface area contributed by atoms with Gasteiger partial charge in [0.25, 0.3) is 0 Å². The summed E-state index contributed by atoms with van der Waals surface area (Å²) in [5.74, 6) is 0.0899. The number of carbonyl (C=O) groups excluding carboxylic acids is 1. The Morgan fingerprint density at radius 1 is 1.05 bits per heavy atom. The van der Waals surface area contributed by atoms with Crippen LogP contribution in [0.15, 0.2) is 0 Å². The van der Waals surface area contributed by atoms with E-state index in [-0.39, 0.29) is 20.9 Å². The van der Waals surface area contributed by atoms with E-state index < -0.39 is 0 Å². The summed E-state index contributed by atoms with van der Waals surface area (Å²) >= 11 is 12.3. The molecule has 120 valence electrons. The van der Waals surface area contributed by atoms with Gasteiger partial charge in [0.2, 0.25) is 5.91 Å². The van der Waals surface area contributed by atoms with Crippen molar-refractivity contribution in [1.82, 2.24) is 10.2 Å². The Hall–Kier alpha value is 0.610. The lowest BCUT2D eigenvalue weighted by Crippen LogP contribution is -2.55. The number of alkyl halides is 1. The average molecular weight is 385 g/mol. The molecular weight excluding hydrogens is 356 g/mol. The predicted octanol–water partition coefficient (Wildman–Crippen LogP) is 2.99.